The molecule has 0 atom stereocenters. The molecule has 5 nitrogen and oxygen atoms in total. The van der Waals surface area contributed by atoms with Gasteiger partial charge < -0.3 is 14.8 Å². The molecule has 0 fully saturated rings. The molecular weight excluding hydrogens is 324 g/mol. The minimum atomic E-state index is -0.158. The van der Waals surface area contributed by atoms with Gasteiger partial charge >= 0.3 is 0 Å². The van der Waals surface area contributed by atoms with Crippen molar-refractivity contribution in [3.05, 3.63) is 52.3 Å². The third-order valence-electron chi connectivity index (χ3n) is 3.50. The van der Waals surface area contributed by atoms with Gasteiger partial charge in [-0.2, -0.15) is 0 Å². The molecule has 0 saturated heterocycles. The first-order chi connectivity index (χ1) is 11.7. The minimum Gasteiger partial charge on any atom is -0.497 e. The van der Waals surface area contributed by atoms with Gasteiger partial charge in [0.15, 0.2) is 6.61 Å². The molecule has 3 rings (SSSR count). The molecule has 0 aliphatic heterocycles. The minimum absolute atomic E-state index is 0.0405. The highest BCUT2D eigenvalue weighted by Crippen LogP contribution is 2.28. The van der Waals surface area contributed by atoms with Crippen molar-refractivity contribution in [2.75, 3.05) is 13.7 Å². The Morgan fingerprint density at radius 1 is 1.29 bits per heavy atom. The van der Waals surface area contributed by atoms with Crippen LogP contribution in [0.1, 0.15) is 10.6 Å². The van der Waals surface area contributed by atoms with E-state index in [1.165, 1.54) is 0 Å². The topological polar surface area (TPSA) is 60.5 Å². The first kappa shape index (κ1) is 16.3. The molecule has 1 amide bonds. The fourth-order valence-electron chi connectivity index (χ4n) is 2.34. The molecule has 24 heavy (non-hydrogen) atoms. The lowest BCUT2D eigenvalue weighted by molar-refractivity contribution is -0.123. The van der Waals surface area contributed by atoms with E-state index in [4.69, 9.17) is 9.47 Å². The summed E-state index contributed by atoms with van der Waals surface area (Å²) in [5, 5.41) is 5.66. The van der Waals surface area contributed by atoms with Gasteiger partial charge in [-0.1, -0.05) is 6.07 Å². The Balaban J connectivity index is 1.70. The fraction of sp³-hybridized carbons (Fsp3) is 0.222. The second-order valence-corrected chi connectivity index (χ2v) is 6.32. The summed E-state index contributed by atoms with van der Waals surface area (Å²) in [6.45, 7) is 2.37. The summed E-state index contributed by atoms with van der Waals surface area (Å²) < 4.78 is 11.0. The van der Waals surface area contributed by atoms with Crippen LogP contribution in [0, 0.1) is 6.92 Å². The highest BCUT2D eigenvalue weighted by molar-refractivity contribution is 7.09. The maximum absolute atomic E-state index is 12.0. The summed E-state index contributed by atoms with van der Waals surface area (Å²) in [5.41, 5.74) is 1.64. The van der Waals surface area contributed by atoms with Gasteiger partial charge in [0.25, 0.3) is 5.91 Å². The van der Waals surface area contributed by atoms with E-state index in [0.29, 0.717) is 12.3 Å². The molecule has 1 aromatic carbocycles. The standard InChI is InChI=1S/C18H18N2O3S/c1-12-8-17(15-9-13(22-2)5-6-16(15)20-12)23-11-18(21)19-10-14-4-3-7-24-14/h3-9H,10-11H2,1-2H3,(H,19,21). The predicted molar refractivity (Wildman–Crippen MR) is 94.7 cm³/mol. The number of rotatable bonds is 6. The van der Waals surface area contributed by atoms with Crippen molar-refractivity contribution < 1.29 is 14.3 Å². The van der Waals surface area contributed by atoms with Crippen molar-refractivity contribution in [3.8, 4) is 11.5 Å². The molecule has 124 valence electrons. The highest BCUT2D eigenvalue weighted by atomic mass is 32.1. The van der Waals surface area contributed by atoms with Crippen LogP contribution >= 0.6 is 11.3 Å². The van der Waals surface area contributed by atoms with Crippen molar-refractivity contribution >= 4 is 28.1 Å². The number of ether oxygens (including phenoxy) is 2. The number of hydrogen-bond donors (Lipinski definition) is 1. The van der Waals surface area contributed by atoms with Gasteiger partial charge in [-0.3, -0.25) is 9.78 Å². The molecule has 1 N–H and O–H groups in total. The molecule has 0 aliphatic rings. The van der Waals surface area contributed by atoms with E-state index in [2.05, 4.69) is 10.3 Å². The number of amides is 1. The van der Waals surface area contributed by atoms with E-state index >= 15 is 0 Å². The van der Waals surface area contributed by atoms with Crippen LogP contribution in [0.2, 0.25) is 0 Å². The maximum atomic E-state index is 12.0. The zero-order valence-corrected chi connectivity index (χ0v) is 14.4. The number of benzene rings is 1. The first-order valence-electron chi connectivity index (χ1n) is 7.53. The van der Waals surface area contributed by atoms with Gasteiger partial charge in [0.2, 0.25) is 0 Å². The highest BCUT2D eigenvalue weighted by Gasteiger charge is 2.09. The van der Waals surface area contributed by atoms with Crippen molar-refractivity contribution in [2.24, 2.45) is 0 Å². The third kappa shape index (κ3) is 3.83. The van der Waals surface area contributed by atoms with Crippen molar-refractivity contribution in [2.45, 2.75) is 13.5 Å². The quantitative estimate of drug-likeness (QED) is 0.747. The number of nitrogens with one attached hydrogen (secondary N) is 1. The Hall–Kier alpha value is -2.60. The van der Waals surface area contributed by atoms with Crippen molar-refractivity contribution in [3.63, 3.8) is 0 Å². The molecule has 0 saturated carbocycles. The van der Waals surface area contributed by atoms with Crippen LogP contribution < -0.4 is 14.8 Å². The summed E-state index contributed by atoms with van der Waals surface area (Å²) >= 11 is 1.61. The van der Waals surface area contributed by atoms with Gasteiger partial charge in [0, 0.05) is 22.0 Å². The lowest BCUT2D eigenvalue weighted by Gasteiger charge is -2.11. The summed E-state index contributed by atoms with van der Waals surface area (Å²) in [6.07, 6.45) is 0. The number of carbonyl (C=O) groups is 1. The number of carbonyl (C=O) groups excluding carboxylic acids is 1. The molecule has 0 radical (unpaired) electrons. The molecule has 2 heterocycles. The molecule has 0 aliphatic carbocycles. The zero-order chi connectivity index (χ0) is 16.9. The second-order valence-electron chi connectivity index (χ2n) is 5.29. The number of pyridine rings is 1. The molecule has 3 aromatic rings. The van der Waals surface area contributed by atoms with Gasteiger partial charge in [-0.05, 0) is 36.6 Å². The zero-order valence-electron chi connectivity index (χ0n) is 13.5. The Kier molecular flexibility index (Phi) is 4.96. The van der Waals surface area contributed by atoms with Crippen molar-refractivity contribution in [1.29, 1.82) is 0 Å². The average Bonchev–Trinajstić information content (AvgIpc) is 3.11. The van der Waals surface area contributed by atoms with E-state index < -0.39 is 0 Å². The van der Waals surface area contributed by atoms with E-state index in [9.17, 15) is 4.79 Å². The smallest absolute Gasteiger partial charge is 0.258 e. The molecule has 0 unspecified atom stereocenters. The second kappa shape index (κ2) is 7.31. The molecule has 6 heteroatoms. The van der Waals surface area contributed by atoms with Crippen LogP contribution in [-0.4, -0.2) is 24.6 Å². The fourth-order valence-corrected chi connectivity index (χ4v) is 2.98. The Morgan fingerprint density at radius 3 is 2.92 bits per heavy atom. The summed E-state index contributed by atoms with van der Waals surface area (Å²) in [6, 6.07) is 11.4. The largest absolute Gasteiger partial charge is 0.497 e. The number of aryl methyl sites for hydroxylation is 1. The number of methoxy groups -OCH3 is 1. The van der Waals surface area contributed by atoms with E-state index in [-0.39, 0.29) is 12.5 Å². The normalized spacial score (nSPS) is 10.6. The van der Waals surface area contributed by atoms with Gasteiger partial charge in [0.05, 0.1) is 19.2 Å². The van der Waals surface area contributed by atoms with Crippen LogP contribution in [-0.2, 0) is 11.3 Å². The first-order valence-corrected chi connectivity index (χ1v) is 8.41. The summed E-state index contributed by atoms with van der Waals surface area (Å²) in [5.74, 6) is 1.19. The van der Waals surface area contributed by atoms with E-state index in [1.807, 2.05) is 48.7 Å². The van der Waals surface area contributed by atoms with Crippen molar-refractivity contribution in [1.82, 2.24) is 10.3 Å². The monoisotopic (exact) mass is 342 g/mol. The van der Waals surface area contributed by atoms with E-state index in [0.717, 1.165) is 27.2 Å². The lowest BCUT2D eigenvalue weighted by atomic mass is 10.1. The lowest BCUT2D eigenvalue weighted by Crippen LogP contribution is -2.28. The molecule has 2 aromatic heterocycles. The number of nitrogens with zero attached hydrogens (tertiary/aromatic N) is 1. The summed E-state index contributed by atoms with van der Waals surface area (Å²) in [7, 11) is 1.61. The number of thiophene rings is 1. The van der Waals surface area contributed by atoms with Crippen LogP contribution in [0.5, 0.6) is 11.5 Å². The number of fused-ring (bicyclic) bond motifs is 1. The summed E-state index contributed by atoms with van der Waals surface area (Å²) in [4.78, 5) is 17.6. The number of hydrogen-bond acceptors (Lipinski definition) is 5. The van der Waals surface area contributed by atoms with Crippen LogP contribution in [0.25, 0.3) is 10.9 Å². The van der Waals surface area contributed by atoms with Gasteiger partial charge in [-0.25, -0.2) is 0 Å². The molecule has 0 bridgehead atoms. The predicted octanol–water partition coefficient (Wildman–Crippen LogP) is 3.31. The Morgan fingerprint density at radius 2 is 2.17 bits per heavy atom. The third-order valence-corrected chi connectivity index (χ3v) is 4.38. The van der Waals surface area contributed by atoms with Crippen LogP contribution in [0.15, 0.2) is 41.8 Å². The number of aromatic nitrogens is 1. The Labute approximate surface area is 144 Å². The SMILES string of the molecule is COc1ccc2nc(C)cc(OCC(=O)NCc3cccs3)c2c1. The maximum Gasteiger partial charge on any atom is 0.258 e. The molecular formula is C18H18N2O3S. The van der Waals surface area contributed by atoms with Gasteiger partial charge in [0.1, 0.15) is 11.5 Å². The van der Waals surface area contributed by atoms with Gasteiger partial charge in [-0.15, -0.1) is 11.3 Å². The molecule has 0 spiro atoms. The average molecular weight is 342 g/mol. The van der Waals surface area contributed by atoms with Crippen LogP contribution in [0.4, 0.5) is 0 Å². The Bertz CT molecular complexity index is 847. The van der Waals surface area contributed by atoms with Crippen LogP contribution in [0.3, 0.4) is 0 Å². The van der Waals surface area contributed by atoms with E-state index in [1.54, 1.807) is 18.4 Å².